The maximum atomic E-state index is 11.7. The minimum absolute atomic E-state index is 0.0596. The molecule has 0 fully saturated rings. The first-order chi connectivity index (χ1) is 13.1. The minimum Gasteiger partial charge on any atom is -0.463 e. The molecular weight excluding hydrogens is 340 g/mol. The van der Waals surface area contributed by atoms with Crippen molar-refractivity contribution in [3.8, 4) is 0 Å². The molecule has 0 aliphatic heterocycles. The number of aliphatic hydroxyl groups is 1. The normalized spacial score (nSPS) is 12.1. The average Bonchev–Trinajstić information content (AvgIpc) is 2.63. The average molecular weight is 385 g/mol. The summed E-state index contributed by atoms with van der Waals surface area (Å²) in [5, 5.41) is 9.60. The molecule has 4 heteroatoms. The van der Waals surface area contributed by atoms with Gasteiger partial charge >= 0.3 is 5.97 Å². The first-order valence-electron chi connectivity index (χ1n) is 11.4. The molecule has 0 radical (unpaired) electrons. The highest BCUT2D eigenvalue weighted by molar-refractivity contribution is 5.78. The van der Waals surface area contributed by atoms with Gasteiger partial charge in [-0.3, -0.25) is 9.59 Å². The number of Topliss-reactive ketones (excluding diaryl/α,β-unsaturated/α-hetero) is 1. The third-order valence-electron chi connectivity index (χ3n) is 5.00. The molecule has 0 aromatic carbocycles. The Morgan fingerprint density at radius 1 is 0.741 bits per heavy atom. The summed E-state index contributed by atoms with van der Waals surface area (Å²) in [6, 6.07) is 0. The van der Waals surface area contributed by atoms with E-state index in [2.05, 4.69) is 6.92 Å². The van der Waals surface area contributed by atoms with Gasteiger partial charge in [-0.25, -0.2) is 0 Å². The second kappa shape index (κ2) is 19.9. The molecule has 0 aliphatic rings. The Morgan fingerprint density at radius 3 is 1.56 bits per heavy atom. The van der Waals surface area contributed by atoms with Crippen LogP contribution in [0.4, 0.5) is 0 Å². The molecule has 1 N–H and O–H groups in total. The number of rotatable bonds is 20. The summed E-state index contributed by atoms with van der Waals surface area (Å²) in [5.41, 5.74) is 0. The highest BCUT2D eigenvalue weighted by Gasteiger charge is 2.11. The SMILES string of the molecule is CCCCCCCCCCCCCCCCCC(=O)C[C@@H](O)COC(C)=O. The largest absolute Gasteiger partial charge is 0.463 e. The summed E-state index contributed by atoms with van der Waals surface area (Å²) in [6.45, 7) is 3.48. The number of carbonyl (C=O) groups excluding carboxylic acids is 2. The van der Waals surface area contributed by atoms with Gasteiger partial charge < -0.3 is 9.84 Å². The van der Waals surface area contributed by atoms with E-state index in [9.17, 15) is 14.7 Å². The number of carbonyl (C=O) groups is 2. The van der Waals surface area contributed by atoms with Gasteiger partial charge in [0.1, 0.15) is 12.4 Å². The molecule has 0 heterocycles. The number of esters is 1. The number of unbranched alkanes of at least 4 members (excludes halogenated alkanes) is 14. The van der Waals surface area contributed by atoms with E-state index in [0.717, 1.165) is 12.8 Å². The number of hydrogen-bond donors (Lipinski definition) is 1. The molecule has 27 heavy (non-hydrogen) atoms. The number of ether oxygens (including phenoxy) is 1. The van der Waals surface area contributed by atoms with E-state index in [1.807, 2.05) is 0 Å². The number of ketones is 1. The van der Waals surface area contributed by atoms with E-state index in [1.54, 1.807) is 0 Å². The maximum absolute atomic E-state index is 11.7. The van der Waals surface area contributed by atoms with Crippen LogP contribution in [0.15, 0.2) is 0 Å². The van der Waals surface area contributed by atoms with Crippen molar-refractivity contribution in [3.05, 3.63) is 0 Å². The van der Waals surface area contributed by atoms with Crippen molar-refractivity contribution in [1.82, 2.24) is 0 Å². The van der Waals surface area contributed by atoms with Gasteiger partial charge in [-0.15, -0.1) is 0 Å². The zero-order chi connectivity index (χ0) is 20.2. The Balaban J connectivity index is 3.24. The molecule has 160 valence electrons. The fraction of sp³-hybridized carbons (Fsp3) is 0.913. The van der Waals surface area contributed by atoms with Crippen molar-refractivity contribution in [1.29, 1.82) is 0 Å². The fourth-order valence-corrected chi connectivity index (χ4v) is 3.33. The Labute approximate surface area is 167 Å². The third-order valence-corrected chi connectivity index (χ3v) is 5.00. The van der Waals surface area contributed by atoms with Crippen molar-refractivity contribution in [2.24, 2.45) is 0 Å². The van der Waals surface area contributed by atoms with Crippen molar-refractivity contribution in [3.63, 3.8) is 0 Å². The summed E-state index contributed by atoms with van der Waals surface area (Å²) in [6.07, 6.45) is 19.4. The molecule has 0 aromatic rings. The third kappa shape index (κ3) is 21.3. The Kier molecular flexibility index (Phi) is 19.2. The first-order valence-corrected chi connectivity index (χ1v) is 11.4. The van der Waals surface area contributed by atoms with Crippen LogP contribution in [0.2, 0.25) is 0 Å². The standard InChI is InChI=1S/C23H44O4/c1-3-4-5-6-7-8-9-10-11-12-13-14-15-16-17-18-22(25)19-23(26)20-27-21(2)24/h23,26H,3-20H2,1-2H3/t23-/m1/s1. The van der Waals surface area contributed by atoms with Gasteiger partial charge in [0.15, 0.2) is 0 Å². The van der Waals surface area contributed by atoms with Crippen LogP contribution >= 0.6 is 0 Å². The van der Waals surface area contributed by atoms with Crippen LogP contribution in [0.3, 0.4) is 0 Å². The first kappa shape index (κ1) is 26.1. The molecule has 0 bridgehead atoms. The molecule has 0 saturated heterocycles. The molecule has 0 spiro atoms. The molecular formula is C23H44O4. The van der Waals surface area contributed by atoms with E-state index in [0.29, 0.717) is 6.42 Å². The maximum Gasteiger partial charge on any atom is 0.302 e. The second-order valence-corrected chi connectivity index (χ2v) is 7.90. The predicted octanol–water partition coefficient (Wildman–Crippen LogP) is 6.13. The Morgan fingerprint density at radius 2 is 1.15 bits per heavy atom. The molecule has 0 aromatic heterocycles. The summed E-state index contributed by atoms with van der Waals surface area (Å²) < 4.78 is 4.69. The van der Waals surface area contributed by atoms with Gasteiger partial charge in [0.2, 0.25) is 0 Å². The van der Waals surface area contributed by atoms with E-state index in [-0.39, 0.29) is 18.8 Å². The molecule has 0 unspecified atom stereocenters. The van der Waals surface area contributed by atoms with Crippen LogP contribution in [-0.4, -0.2) is 29.6 Å². The van der Waals surface area contributed by atoms with Crippen molar-refractivity contribution in [2.75, 3.05) is 6.61 Å². The van der Waals surface area contributed by atoms with Crippen LogP contribution in [-0.2, 0) is 14.3 Å². The number of hydrogen-bond acceptors (Lipinski definition) is 4. The molecule has 0 amide bonds. The topological polar surface area (TPSA) is 63.6 Å². The minimum atomic E-state index is -0.863. The quantitative estimate of drug-likeness (QED) is 0.202. The Hall–Kier alpha value is -0.900. The van der Waals surface area contributed by atoms with Crippen LogP contribution < -0.4 is 0 Å². The van der Waals surface area contributed by atoms with Gasteiger partial charge in [-0.05, 0) is 6.42 Å². The lowest BCUT2D eigenvalue weighted by atomic mass is 10.0. The molecule has 1 atom stereocenters. The zero-order valence-corrected chi connectivity index (χ0v) is 18.0. The lowest BCUT2D eigenvalue weighted by molar-refractivity contribution is -0.145. The van der Waals surface area contributed by atoms with Gasteiger partial charge in [0.25, 0.3) is 0 Å². The molecule has 0 rings (SSSR count). The summed E-state index contributed by atoms with van der Waals surface area (Å²) in [7, 11) is 0. The molecule has 0 aliphatic carbocycles. The monoisotopic (exact) mass is 384 g/mol. The van der Waals surface area contributed by atoms with E-state index < -0.39 is 12.1 Å². The van der Waals surface area contributed by atoms with E-state index >= 15 is 0 Å². The van der Waals surface area contributed by atoms with Crippen molar-refractivity contribution in [2.45, 2.75) is 129 Å². The number of aliphatic hydroxyl groups excluding tert-OH is 1. The van der Waals surface area contributed by atoms with Crippen LogP contribution in [0, 0.1) is 0 Å². The lowest BCUT2D eigenvalue weighted by Crippen LogP contribution is -2.20. The van der Waals surface area contributed by atoms with Crippen molar-refractivity contribution < 1.29 is 19.4 Å². The van der Waals surface area contributed by atoms with Gasteiger partial charge in [-0.2, -0.15) is 0 Å². The molecule has 4 nitrogen and oxygen atoms in total. The zero-order valence-electron chi connectivity index (χ0n) is 18.0. The summed E-state index contributed by atoms with van der Waals surface area (Å²) >= 11 is 0. The van der Waals surface area contributed by atoms with Gasteiger partial charge in [-0.1, -0.05) is 96.8 Å². The van der Waals surface area contributed by atoms with E-state index in [1.165, 1.54) is 90.4 Å². The fourth-order valence-electron chi connectivity index (χ4n) is 3.33. The highest BCUT2D eigenvalue weighted by Crippen LogP contribution is 2.14. The highest BCUT2D eigenvalue weighted by atomic mass is 16.5. The van der Waals surface area contributed by atoms with Gasteiger partial charge in [0, 0.05) is 19.8 Å². The van der Waals surface area contributed by atoms with Crippen LogP contribution in [0.25, 0.3) is 0 Å². The predicted molar refractivity (Wildman–Crippen MR) is 112 cm³/mol. The van der Waals surface area contributed by atoms with Crippen molar-refractivity contribution >= 4 is 11.8 Å². The second-order valence-electron chi connectivity index (χ2n) is 7.90. The Bertz CT molecular complexity index is 354. The van der Waals surface area contributed by atoms with Gasteiger partial charge in [0.05, 0.1) is 6.10 Å². The molecule has 0 saturated carbocycles. The summed E-state index contributed by atoms with van der Waals surface area (Å²) in [5.74, 6) is -0.367. The smallest absolute Gasteiger partial charge is 0.302 e. The van der Waals surface area contributed by atoms with E-state index in [4.69, 9.17) is 4.74 Å². The van der Waals surface area contributed by atoms with Crippen LogP contribution in [0.5, 0.6) is 0 Å². The van der Waals surface area contributed by atoms with Crippen LogP contribution in [0.1, 0.15) is 123 Å². The lowest BCUT2D eigenvalue weighted by Gasteiger charge is -2.09. The summed E-state index contributed by atoms with van der Waals surface area (Å²) in [4.78, 5) is 22.4.